The van der Waals surface area contributed by atoms with E-state index in [9.17, 15) is 4.79 Å². The van der Waals surface area contributed by atoms with Crippen LogP contribution in [0.25, 0.3) is 0 Å². The Bertz CT molecular complexity index is 348. The van der Waals surface area contributed by atoms with Gasteiger partial charge in [0.25, 0.3) is 0 Å². The normalized spacial score (nSPS) is 9.43. The second-order valence-electron chi connectivity index (χ2n) is 2.78. The van der Waals surface area contributed by atoms with E-state index in [0.29, 0.717) is 11.5 Å². The molecule has 14 heavy (non-hydrogen) atoms. The summed E-state index contributed by atoms with van der Waals surface area (Å²) in [5.41, 5.74) is 12.1. The predicted molar refractivity (Wildman–Crippen MR) is 58.8 cm³/mol. The van der Waals surface area contributed by atoms with Crippen LogP contribution in [0.5, 0.6) is 0 Å². The van der Waals surface area contributed by atoms with E-state index in [1.165, 1.54) is 0 Å². The number of benzene rings is 1. The van der Waals surface area contributed by atoms with Crippen LogP contribution in [-0.2, 0) is 6.54 Å². The van der Waals surface area contributed by atoms with Crippen molar-refractivity contribution in [2.24, 2.45) is 11.5 Å². The summed E-state index contributed by atoms with van der Waals surface area (Å²) in [7, 11) is 0. The lowest BCUT2D eigenvalue weighted by molar-refractivity contribution is 0.248. The quantitative estimate of drug-likeness (QED) is 0.634. The van der Waals surface area contributed by atoms with E-state index in [1.54, 1.807) is 12.1 Å². The maximum atomic E-state index is 10.4. The van der Waals surface area contributed by atoms with Crippen molar-refractivity contribution in [3.05, 3.63) is 35.4 Å². The van der Waals surface area contributed by atoms with Gasteiger partial charge in [0.1, 0.15) is 4.99 Å². The van der Waals surface area contributed by atoms with Gasteiger partial charge in [0, 0.05) is 12.1 Å². The average molecular weight is 209 g/mol. The lowest BCUT2D eigenvalue weighted by Gasteiger charge is -2.03. The molecule has 0 unspecified atom stereocenters. The van der Waals surface area contributed by atoms with Gasteiger partial charge in [-0.1, -0.05) is 36.5 Å². The molecule has 0 radical (unpaired) electrons. The van der Waals surface area contributed by atoms with Crippen LogP contribution in [-0.4, -0.2) is 11.0 Å². The maximum absolute atomic E-state index is 10.4. The molecule has 74 valence electrons. The molecular formula is C9H11N3OS. The Morgan fingerprint density at radius 1 is 1.29 bits per heavy atom. The number of hydrogen-bond donors (Lipinski definition) is 3. The molecule has 0 aromatic heterocycles. The van der Waals surface area contributed by atoms with Crippen molar-refractivity contribution in [3.63, 3.8) is 0 Å². The third kappa shape index (κ3) is 3.02. The fraction of sp³-hybridized carbons (Fsp3) is 0.111. The number of thiocarbonyl (C=S) groups is 1. The number of amides is 2. The fourth-order valence-corrected chi connectivity index (χ4v) is 1.11. The van der Waals surface area contributed by atoms with Crippen LogP contribution in [0.2, 0.25) is 0 Å². The van der Waals surface area contributed by atoms with Crippen molar-refractivity contribution < 1.29 is 4.79 Å². The summed E-state index contributed by atoms with van der Waals surface area (Å²) in [6.45, 7) is 0.410. The summed E-state index contributed by atoms with van der Waals surface area (Å²) >= 11 is 4.80. The minimum Gasteiger partial charge on any atom is -0.389 e. The lowest BCUT2D eigenvalue weighted by atomic mass is 10.1. The summed E-state index contributed by atoms with van der Waals surface area (Å²) in [4.78, 5) is 10.8. The number of carbonyl (C=O) groups excluding carboxylic acids is 1. The smallest absolute Gasteiger partial charge is 0.312 e. The molecule has 5 heteroatoms. The first-order valence-electron chi connectivity index (χ1n) is 4.01. The Hall–Kier alpha value is -1.62. The second kappa shape index (κ2) is 4.57. The molecule has 4 nitrogen and oxygen atoms in total. The third-order valence-corrected chi connectivity index (χ3v) is 1.94. The molecule has 0 aliphatic rings. The number of rotatable bonds is 3. The highest BCUT2D eigenvalue weighted by molar-refractivity contribution is 7.80. The summed E-state index contributed by atoms with van der Waals surface area (Å²) in [6, 6.07) is 6.75. The number of primary amides is 1. The Balaban J connectivity index is 2.64. The molecule has 0 saturated carbocycles. The van der Waals surface area contributed by atoms with Crippen LogP contribution >= 0.6 is 12.2 Å². The zero-order chi connectivity index (χ0) is 10.6. The highest BCUT2D eigenvalue weighted by atomic mass is 32.1. The molecule has 1 aromatic rings. The minimum atomic E-state index is -0.538. The topological polar surface area (TPSA) is 81.1 Å². The molecule has 0 bridgehead atoms. The maximum Gasteiger partial charge on any atom is 0.312 e. The Morgan fingerprint density at radius 3 is 2.29 bits per heavy atom. The standard InChI is InChI=1S/C9H11N3OS/c10-8(14)7-3-1-6(2-4-7)5-12-9(11)13/h1-4H,5H2,(H2,10,14)(H3,11,12,13). The van der Waals surface area contributed by atoms with Crippen LogP contribution < -0.4 is 16.8 Å². The van der Waals surface area contributed by atoms with Crippen LogP contribution in [0, 0.1) is 0 Å². The Morgan fingerprint density at radius 2 is 1.86 bits per heavy atom. The Kier molecular flexibility index (Phi) is 3.41. The van der Waals surface area contributed by atoms with Crippen LogP contribution in [0.3, 0.4) is 0 Å². The van der Waals surface area contributed by atoms with Gasteiger partial charge in [-0.3, -0.25) is 0 Å². The molecule has 0 heterocycles. The first-order valence-corrected chi connectivity index (χ1v) is 4.42. The van der Waals surface area contributed by atoms with Crippen molar-refractivity contribution in [2.45, 2.75) is 6.54 Å². The molecule has 0 atom stereocenters. The van der Waals surface area contributed by atoms with E-state index < -0.39 is 6.03 Å². The first-order chi connectivity index (χ1) is 6.59. The molecule has 0 fully saturated rings. The van der Waals surface area contributed by atoms with Gasteiger partial charge in [0.2, 0.25) is 0 Å². The molecule has 1 rings (SSSR count). The van der Waals surface area contributed by atoms with Gasteiger partial charge in [-0.2, -0.15) is 0 Å². The number of carbonyl (C=O) groups is 1. The van der Waals surface area contributed by atoms with E-state index in [2.05, 4.69) is 5.32 Å². The van der Waals surface area contributed by atoms with Gasteiger partial charge in [0.15, 0.2) is 0 Å². The van der Waals surface area contributed by atoms with Gasteiger partial charge in [-0.15, -0.1) is 0 Å². The molecule has 0 aliphatic carbocycles. The predicted octanol–water partition coefficient (Wildman–Crippen LogP) is 0.489. The SMILES string of the molecule is NC(=O)NCc1ccc(C(N)=S)cc1. The first kappa shape index (κ1) is 10.5. The van der Waals surface area contributed by atoms with Gasteiger partial charge in [0.05, 0.1) is 0 Å². The van der Waals surface area contributed by atoms with E-state index in [4.69, 9.17) is 23.7 Å². The second-order valence-corrected chi connectivity index (χ2v) is 3.22. The van der Waals surface area contributed by atoms with E-state index in [1.807, 2.05) is 12.1 Å². The van der Waals surface area contributed by atoms with E-state index >= 15 is 0 Å². The summed E-state index contributed by atoms with van der Waals surface area (Å²) < 4.78 is 0. The van der Waals surface area contributed by atoms with Crippen molar-refractivity contribution in [3.8, 4) is 0 Å². The molecule has 5 N–H and O–H groups in total. The van der Waals surface area contributed by atoms with E-state index in [-0.39, 0.29) is 0 Å². The summed E-state index contributed by atoms with van der Waals surface area (Å²) in [6.07, 6.45) is 0. The zero-order valence-corrected chi connectivity index (χ0v) is 8.30. The number of nitrogens with two attached hydrogens (primary N) is 2. The number of nitrogens with one attached hydrogen (secondary N) is 1. The Labute approximate surface area is 87.3 Å². The molecule has 0 spiro atoms. The van der Waals surface area contributed by atoms with Gasteiger partial charge >= 0.3 is 6.03 Å². The highest BCUT2D eigenvalue weighted by Crippen LogP contribution is 2.03. The molecular weight excluding hydrogens is 198 g/mol. The monoisotopic (exact) mass is 209 g/mol. The fourth-order valence-electron chi connectivity index (χ4n) is 0.976. The molecule has 0 aliphatic heterocycles. The van der Waals surface area contributed by atoms with Crippen molar-refractivity contribution >= 4 is 23.2 Å². The summed E-state index contributed by atoms with van der Waals surface area (Å²) in [5, 5.41) is 2.49. The minimum absolute atomic E-state index is 0.361. The van der Waals surface area contributed by atoms with Crippen LogP contribution in [0.4, 0.5) is 4.79 Å². The molecule has 0 saturated heterocycles. The van der Waals surface area contributed by atoms with Crippen molar-refractivity contribution in [2.75, 3.05) is 0 Å². The highest BCUT2D eigenvalue weighted by Gasteiger charge is 1.97. The van der Waals surface area contributed by atoms with Crippen LogP contribution in [0.1, 0.15) is 11.1 Å². The lowest BCUT2D eigenvalue weighted by Crippen LogP contribution is -2.28. The van der Waals surface area contributed by atoms with Crippen molar-refractivity contribution in [1.29, 1.82) is 0 Å². The van der Waals surface area contributed by atoms with Gasteiger partial charge < -0.3 is 16.8 Å². The largest absolute Gasteiger partial charge is 0.389 e. The third-order valence-electron chi connectivity index (χ3n) is 1.71. The van der Waals surface area contributed by atoms with Crippen LogP contribution in [0.15, 0.2) is 24.3 Å². The number of hydrogen-bond acceptors (Lipinski definition) is 2. The van der Waals surface area contributed by atoms with E-state index in [0.717, 1.165) is 11.1 Å². The summed E-state index contributed by atoms with van der Waals surface area (Å²) in [5.74, 6) is 0. The molecule has 1 aromatic carbocycles. The van der Waals surface area contributed by atoms with Crippen molar-refractivity contribution in [1.82, 2.24) is 5.32 Å². The average Bonchev–Trinajstić information content (AvgIpc) is 2.15. The molecule has 2 amide bonds. The van der Waals surface area contributed by atoms with Gasteiger partial charge in [-0.25, -0.2) is 4.79 Å². The zero-order valence-electron chi connectivity index (χ0n) is 7.49. The van der Waals surface area contributed by atoms with Gasteiger partial charge in [-0.05, 0) is 5.56 Å². The number of urea groups is 1.